The number of rotatable bonds is 9. The van der Waals surface area contributed by atoms with Crippen molar-refractivity contribution in [1.29, 1.82) is 0 Å². The average Bonchev–Trinajstić information content (AvgIpc) is 3.28. The number of nitrogens with one attached hydrogen (secondary N) is 3. The molecular formula is C24H31N3O4. The van der Waals surface area contributed by atoms with Gasteiger partial charge >= 0.3 is 6.03 Å². The molecule has 0 bridgehead atoms. The molecule has 1 aliphatic rings. The van der Waals surface area contributed by atoms with E-state index in [4.69, 9.17) is 9.47 Å². The molecule has 166 valence electrons. The van der Waals surface area contributed by atoms with Crippen LogP contribution in [0.15, 0.2) is 48.5 Å². The summed E-state index contributed by atoms with van der Waals surface area (Å²) in [6.45, 7) is 0.859. The first-order chi connectivity index (χ1) is 15.1. The minimum atomic E-state index is -0.862. The van der Waals surface area contributed by atoms with E-state index in [1.54, 1.807) is 14.2 Å². The first kappa shape index (κ1) is 22.5. The van der Waals surface area contributed by atoms with Crippen LogP contribution in [0.3, 0.4) is 0 Å². The highest BCUT2D eigenvalue weighted by atomic mass is 16.5. The summed E-state index contributed by atoms with van der Waals surface area (Å²) < 4.78 is 10.7. The fourth-order valence-corrected chi connectivity index (χ4v) is 3.98. The van der Waals surface area contributed by atoms with E-state index in [9.17, 15) is 9.59 Å². The van der Waals surface area contributed by atoms with Gasteiger partial charge in [0.05, 0.1) is 14.2 Å². The SMILES string of the molecule is COc1ccc(OC)c(CCNC(=O)C2(NC(=O)NCc3ccccc3)CCCC2)c1. The molecule has 1 aliphatic carbocycles. The van der Waals surface area contributed by atoms with E-state index in [-0.39, 0.29) is 11.9 Å². The van der Waals surface area contributed by atoms with Crippen molar-refractivity contribution in [3.8, 4) is 11.5 Å². The van der Waals surface area contributed by atoms with Gasteiger partial charge in [-0.25, -0.2) is 4.79 Å². The zero-order chi connectivity index (χ0) is 22.1. The second kappa shape index (κ2) is 10.7. The van der Waals surface area contributed by atoms with Crippen LogP contribution < -0.4 is 25.4 Å². The summed E-state index contributed by atoms with van der Waals surface area (Å²) in [7, 11) is 3.24. The summed E-state index contributed by atoms with van der Waals surface area (Å²) in [5, 5.41) is 8.80. The monoisotopic (exact) mass is 425 g/mol. The van der Waals surface area contributed by atoms with E-state index in [0.29, 0.717) is 32.4 Å². The lowest BCUT2D eigenvalue weighted by molar-refractivity contribution is -0.127. The van der Waals surface area contributed by atoms with E-state index < -0.39 is 5.54 Å². The summed E-state index contributed by atoms with van der Waals surface area (Å²) in [4.78, 5) is 25.5. The Labute approximate surface area is 183 Å². The molecule has 0 unspecified atom stereocenters. The van der Waals surface area contributed by atoms with E-state index in [1.165, 1.54) is 0 Å². The highest BCUT2D eigenvalue weighted by Gasteiger charge is 2.42. The van der Waals surface area contributed by atoms with Gasteiger partial charge in [-0.15, -0.1) is 0 Å². The maximum Gasteiger partial charge on any atom is 0.315 e. The average molecular weight is 426 g/mol. The first-order valence-electron chi connectivity index (χ1n) is 10.7. The molecule has 7 nitrogen and oxygen atoms in total. The molecule has 0 radical (unpaired) electrons. The van der Waals surface area contributed by atoms with Crippen LogP contribution in [0.5, 0.6) is 11.5 Å². The fourth-order valence-electron chi connectivity index (χ4n) is 3.98. The maximum atomic E-state index is 13.0. The van der Waals surface area contributed by atoms with Gasteiger partial charge in [0.15, 0.2) is 0 Å². The number of amides is 3. The van der Waals surface area contributed by atoms with Crippen LogP contribution >= 0.6 is 0 Å². The molecule has 1 fully saturated rings. The minimum absolute atomic E-state index is 0.137. The van der Waals surface area contributed by atoms with Crippen molar-refractivity contribution in [2.45, 2.75) is 44.2 Å². The Hall–Kier alpha value is -3.22. The van der Waals surface area contributed by atoms with E-state index in [0.717, 1.165) is 35.5 Å². The number of ether oxygens (including phenoxy) is 2. The van der Waals surface area contributed by atoms with Crippen molar-refractivity contribution in [2.75, 3.05) is 20.8 Å². The van der Waals surface area contributed by atoms with E-state index in [1.807, 2.05) is 48.5 Å². The molecule has 3 amide bonds. The van der Waals surface area contributed by atoms with Gasteiger partial charge in [0.25, 0.3) is 0 Å². The third-order valence-corrected chi connectivity index (χ3v) is 5.71. The van der Waals surface area contributed by atoms with Crippen LogP contribution in [0.2, 0.25) is 0 Å². The quantitative estimate of drug-likeness (QED) is 0.576. The third kappa shape index (κ3) is 5.90. The second-order valence-corrected chi connectivity index (χ2v) is 7.77. The molecule has 0 aromatic heterocycles. The lowest BCUT2D eigenvalue weighted by Gasteiger charge is -2.29. The lowest BCUT2D eigenvalue weighted by Crippen LogP contribution is -2.59. The number of urea groups is 1. The molecule has 0 aliphatic heterocycles. The Kier molecular flexibility index (Phi) is 7.76. The summed E-state index contributed by atoms with van der Waals surface area (Å²) in [6, 6.07) is 15.0. The topological polar surface area (TPSA) is 88.7 Å². The molecule has 7 heteroatoms. The maximum absolute atomic E-state index is 13.0. The Bertz CT molecular complexity index is 880. The van der Waals surface area contributed by atoms with Gasteiger partial charge in [0, 0.05) is 13.1 Å². The van der Waals surface area contributed by atoms with Crippen molar-refractivity contribution in [2.24, 2.45) is 0 Å². The van der Waals surface area contributed by atoms with Crippen LogP contribution in [0, 0.1) is 0 Å². The highest BCUT2D eigenvalue weighted by molar-refractivity contribution is 5.91. The molecular weight excluding hydrogens is 394 g/mol. The minimum Gasteiger partial charge on any atom is -0.497 e. The number of carbonyl (C=O) groups is 2. The smallest absolute Gasteiger partial charge is 0.315 e. The molecule has 0 saturated heterocycles. The fraction of sp³-hybridized carbons (Fsp3) is 0.417. The van der Waals surface area contributed by atoms with Gasteiger partial charge in [-0.2, -0.15) is 0 Å². The molecule has 3 N–H and O–H groups in total. The number of hydrogen-bond donors (Lipinski definition) is 3. The molecule has 3 rings (SSSR count). The molecule has 1 saturated carbocycles. The summed E-state index contributed by atoms with van der Waals surface area (Å²) in [5.41, 5.74) is 1.10. The summed E-state index contributed by atoms with van der Waals surface area (Å²) in [5.74, 6) is 1.36. The van der Waals surface area contributed by atoms with Gasteiger partial charge < -0.3 is 25.4 Å². The highest BCUT2D eigenvalue weighted by Crippen LogP contribution is 2.30. The van der Waals surface area contributed by atoms with Gasteiger partial charge in [-0.1, -0.05) is 43.2 Å². The normalized spacial score (nSPS) is 14.5. The number of benzene rings is 2. The first-order valence-corrected chi connectivity index (χ1v) is 10.7. The van der Waals surface area contributed by atoms with E-state index in [2.05, 4.69) is 16.0 Å². The van der Waals surface area contributed by atoms with E-state index >= 15 is 0 Å². The number of methoxy groups -OCH3 is 2. The third-order valence-electron chi connectivity index (χ3n) is 5.71. The van der Waals surface area contributed by atoms with Crippen molar-refractivity contribution >= 4 is 11.9 Å². The Balaban J connectivity index is 1.55. The molecule has 0 heterocycles. The van der Waals surface area contributed by atoms with Gasteiger partial charge in [0.2, 0.25) is 5.91 Å². The van der Waals surface area contributed by atoms with Crippen molar-refractivity contribution in [1.82, 2.24) is 16.0 Å². The molecule has 31 heavy (non-hydrogen) atoms. The molecule has 2 aromatic rings. The zero-order valence-electron chi connectivity index (χ0n) is 18.2. The summed E-state index contributed by atoms with van der Waals surface area (Å²) >= 11 is 0. The molecule has 2 aromatic carbocycles. The van der Waals surface area contributed by atoms with Crippen molar-refractivity contribution in [3.63, 3.8) is 0 Å². The molecule has 0 spiro atoms. The summed E-state index contributed by atoms with van der Waals surface area (Å²) in [6.07, 6.45) is 3.70. The predicted molar refractivity (Wildman–Crippen MR) is 119 cm³/mol. The van der Waals surface area contributed by atoms with Gasteiger partial charge in [-0.05, 0) is 48.6 Å². The predicted octanol–water partition coefficient (Wildman–Crippen LogP) is 3.17. The Morgan fingerprint density at radius 2 is 1.71 bits per heavy atom. The van der Waals surface area contributed by atoms with Crippen LogP contribution in [-0.2, 0) is 17.8 Å². The van der Waals surface area contributed by atoms with Crippen LogP contribution in [0.1, 0.15) is 36.8 Å². The second-order valence-electron chi connectivity index (χ2n) is 7.77. The van der Waals surface area contributed by atoms with Crippen LogP contribution in [0.4, 0.5) is 4.79 Å². The van der Waals surface area contributed by atoms with Crippen molar-refractivity contribution in [3.05, 3.63) is 59.7 Å². The largest absolute Gasteiger partial charge is 0.497 e. The zero-order valence-corrected chi connectivity index (χ0v) is 18.2. The van der Waals surface area contributed by atoms with Gasteiger partial charge in [0.1, 0.15) is 17.0 Å². The van der Waals surface area contributed by atoms with Crippen molar-refractivity contribution < 1.29 is 19.1 Å². The lowest BCUT2D eigenvalue weighted by atomic mass is 9.96. The number of carbonyl (C=O) groups excluding carboxylic acids is 2. The molecule has 0 atom stereocenters. The van der Waals surface area contributed by atoms with Gasteiger partial charge in [-0.3, -0.25) is 4.79 Å². The number of hydrogen-bond acceptors (Lipinski definition) is 4. The van der Waals surface area contributed by atoms with Crippen LogP contribution in [-0.4, -0.2) is 38.2 Å². The van der Waals surface area contributed by atoms with Crippen LogP contribution in [0.25, 0.3) is 0 Å². The Morgan fingerprint density at radius 3 is 2.39 bits per heavy atom. The Morgan fingerprint density at radius 1 is 0.968 bits per heavy atom. The standard InChI is InChI=1S/C24H31N3O4/c1-30-20-10-11-21(31-2)19(16-20)12-15-25-22(28)24(13-6-7-14-24)27-23(29)26-17-18-8-4-3-5-9-18/h3-5,8-11,16H,6-7,12-15,17H2,1-2H3,(H,25,28)(H2,26,27,29).